The molecule has 2 N–H and O–H groups in total. The van der Waals surface area contributed by atoms with Gasteiger partial charge in [-0.1, -0.05) is 41.9 Å². The van der Waals surface area contributed by atoms with Crippen LogP contribution in [-0.2, 0) is 6.42 Å². The molecule has 0 aliphatic rings. The Hall–Kier alpha value is 0.01000. The molecule has 0 spiro atoms. The Bertz CT molecular complexity index is 315. The van der Waals surface area contributed by atoms with Crippen molar-refractivity contribution in [3.05, 3.63) is 34.3 Å². The van der Waals surface area contributed by atoms with Gasteiger partial charge >= 0.3 is 0 Å². The first-order valence-electron chi connectivity index (χ1n) is 5.65. The molecule has 1 atom stereocenters. The highest BCUT2D eigenvalue weighted by Crippen LogP contribution is 2.15. The lowest BCUT2D eigenvalue weighted by Gasteiger charge is -2.12. The van der Waals surface area contributed by atoms with E-state index in [1.807, 2.05) is 17.8 Å². The molecule has 1 aromatic carbocycles. The first kappa shape index (κ1) is 14.1. The highest BCUT2D eigenvalue weighted by Gasteiger charge is 2.05. The lowest BCUT2D eigenvalue weighted by molar-refractivity contribution is 0.731. The average molecular weight is 302 g/mol. The number of rotatable bonds is 6. The highest BCUT2D eigenvalue weighted by atomic mass is 79.9. The summed E-state index contributed by atoms with van der Waals surface area (Å²) in [6.45, 7) is 4.49. The zero-order chi connectivity index (χ0) is 12.0. The van der Waals surface area contributed by atoms with Gasteiger partial charge in [-0.15, -0.1) is 0 Å². The van der Waals surface area contributed by atoms with Gasteiger partial charge in [-0.25, -0.2) is 0 Å². The van der Waals surface area contributed by atoms with E-state index in [2.05, 4.69) is 48.0 Å². The molecule has 0 radical (unpaired) electrons. The monoisotopic (exact) mass is 301 g/mol. The molecule has 0 bridgehead atoms. The van der Waals surface area contributed by atoms with E-state index in [4.69, 9.17) is 5.73 Å². The number of nitrogens with two attached hydrogens (primary N) is 1. The third kappa shape index (κ3) is 5.92. The summed E-state index contributed by atoms with van der Waals surface area (Å²) in [6.07, 6.45) is 0.963. The maximum absolute atomic E-state index is 6.11. The fourth-order valence-electron chi connectivity index (χ4n) is 1.48. The van der Waals surface area contributed by atoms with Gasteiger partial charge in [0.2, 0.25) is 0 Å². The van der Waals surface area contributed by atoms with Crippen molar-refractivity contribution in [1.82, 2.24) is 0 Å². The number of hydrogen-bond donors (Lipinski definition) is 1. The van der Waals surface area contributed by atoms with Gasteiger partial charge in [0.15, 0.2) is 0 Å². The van der Waals surface area contributed by atoms with E-state index in [9.17, 15) is 0 Å². The van der Waals surface area contributed by atoms with E-state index in [1.165, 1.54) is 11.3 Å². The van der Waals surface area contributed by atoms with Gasteiger partial charge in [0.25, 0.3) is 0 Å². The first-order valence-corrected chi connectivity index (χ1v) is 7.60. The van der Waals surface area contributed by atoms with Crippen molar-refractivity contribution >= 4 is 27.7 Å². The van der Waals surface area contributed by atoms with Gasteiger partial charge in [-0.3, -0.25) is 0 Å². The lowest BCUT2D eigenvalue weighted by atomic mass is 10.1. The Kier molecular flexibility index (Phi) is 6.47. The van der Waals surface area contributed by atoms with E-state index in [1.54, 1.807) is 0 Å². The molecular formula is C13H20BrNS. The second-order valence-electron chi connectivity index (χ2n) is 4.53. The van der Waals surface area contributed by atoms with Gasteiger partial charge < -0.3 is 5.73 Å². The van der Waals surface area contributed by atoms with Gasteiger partial charge in [-0.05, 0) is 35.8 Å². The molecule has 0 aliphatic carbocycles. The minimum atomic E-state index is 0.262. The maximum atomic E-state index is 6.11. The van der Waals surface area contributed by atoms with Crippen LogP contribution in [0.5, 0.6) is 0 Å². The minimum Gasteiger partial charge on any atom is -0.327 e. The van der Waals surface area contributed by atoms with Crippen LogP contribution in [0.4, 0.5) is 0 Å². The van der Waals surface area contributed by atoms with Crippen molar-refractivity contribution in [2.24, 2.45) is 11.7 Å². The van der Waals surface area contributed by atoms with Crippen molar-refractivity contribution in [2.45, 2.75) is 26.3 Å². The molecule has 0 saturated heterocycles. The zero-order valence-electron chi connectivity index (χ0n) is 9.95. The topological polar surface area (TPSA) is 26.0 Å². The summed E-state index contributed by atoms with van der Waals surface area (Å²) in [5.41, 5.74) is 7.42. The molecule has 16 heavy (non-hydrogen) atoms. The second kappa shape index (κ2) is 7.36. The van der Waals surface area contributed by atoms with Gasteiger partial charge in [0.1, 0.15) is 0 Å². The molecule has 1 unspecified atom stereocenters. The molecule has 1 nitrogen and oxygen atoms in total. The number of hydrogen-bond acceptors (Lipinski definition) is 2. The third-order valence-corrected chi connectivity index (χ3v) is 4.23. The Morgan fingerprint density at radius 3 is 2.69 bits per heavy atom. The Morgan fingerprint density at radius 2 is 2.06 bits per heavy atom. The quantitative estimate of drug-likeness (QED) is 0.867. The Balaban J connectivity index is 2.31. The summed E-state index contributed by atoms with van der Waals surface area (Å²) in [5, 5.41) is 0. The molecule has 0 fully saturated rings. The van der Waals surface area contributed by atoms with Crippen molar-refractivity contribution in [3.8, 4) is 0 Å². The van der Waals surface area contributed by atoms with E-state index in [0.717, 1.165) is 22.6 Å². The summed E-state index contributed by atoms with van der Waals surface area (Å²) >= 11 is 5.43. The van der Waals surface area contributed by atoms with Crippen LogP contribution in [0.3, 0.4) is 0 Å². The van der Waals surface area contributed by atoms with Gasteiger partial charge in [-0.2, -0.15) is 11.8 Å². The van der Waals surface area contributed by atoms with Crippen molar-refractivity contribution < 1.29 is 0 Å². The molecule has 90 valence electrons. The van der Waals surface area contributed by atoms with Crippen molar-refractivity contribution in [2.75, 3.05) is 11.5 Å². The number of benzene rings is 1. The summed E-state index contributed by atoms with van der Waals surface area (Å²) < 4.78 is 1.13. The van der Waals surface area contributed by atoms with E-state index < -0.39 is 0 Å². The van der Waals surface area contributed by atoms with Crippen LogP contribution in [0.25, 0.3) is 0 Å². The second-order valence-corrected chi connectivity index (χ2v) is 6.52. The smallest absolute Gasteiger partial charge is 0.0178 e. The van der Waals surface area contributed by atoms with Crippen LogP contribution in [0.2, 0.25) is 0 Å². The Labute approximate surface area is 111 Å². The maximum Gasteiger partial charge on any atom is 0.0178 e. The molecule has 0 heterocycles. The first-order chi connectivity index (χ1) is 7.58. The van der Waals surface area contributed by atoms with E-state index in [-0.39, 0.29) is 6.04 Å². The summed E-state index contributed by atoms with van der Waals surface area (Å²) in [7, 11) is 0. The van der Waals surface area contributed by atoms with E-state index >= 15 is 0 Å². The fourth-order valence-corrected chi connectivity index (χ4v) is 2.96. The molecule has 0 aromatic heterocycles. The predicted molar refractivity (Wildman–Crippen MR) is 78.0 cm³/mol. The summed E-state index contributed by atoms with van der Waals surface area (Å²) in [6, 6.07) is 8.65. The van der Waals surface area contributed by atoms with Crippen LogP contribution < -0.4 is 5.73 Å². The largest absolute Gasteiger partial charge is 0.327 e. The van der Waals surface area contributed by atoms with Crippen LogP contribution >= 0.6 is 27.7 Å². The molecular weight excluding hydrogens is 282 g/mol. The van der Waals surface area contributed by atoms with Gasteiger partial charge in [0.05, 0.1) is 0 Å². The Morgan fingerprint density at radius 1 is 1.31 bits per heavy atom. The van der Waals surface area contributed by atoms with Crippen LogP contribution in [0.1, 0.15) is 19.4 Å². The van der Waals surface area contributed by atoms with Crippen LogP contribution in [-0.4, -0.2) is 17.5 Å². The number of thioether (sulfide) groups is 1. The normalized spacial score (nSPS) is 13.1. The molecule has 3 heteroatoms. The third-order valence-electron chi connectivity index (χ3n) is 2.17. The molecule has 0 amide bonds. The number of halogens is 1. The minimum absolute atomic E-state index is 0.262. The van der Waals surface area contributed by atoms with Gasteiger partial charge in [0, 0.05) is 16.3 Å². The highest BCUT2D eigenvalue weighted by molar-refractivity contribution is 9.10. The van der Waals surface area contributed by atoms with E-state index in [0.29, 0.717) is 0 Å². The van der Waals surface area contributed by atoms with Crippen LogP contribution in [0, 0.1) is 5.92 Å². The molecule has 0 saturated carbocycles. The van der Waals surface area contributed by atoms with Crippen molar-refractivity contribution in [3.63, 3.8) is 0 Å². The summed E-state index contributed by atoms with van der Waals surface area (Å²) in [5.74, 6) is 3.00. The SMILES string of the molecule is CC(C)CSCC(N)Cc1cccc(Br)c1. The summed E-state index contributed by atoms with van der Waals surface area (Å²) in [4.78, 5) is 0. The molecule has 0 aliphatic heterocycles. The molecule has 1 aromatic rings. The predicted octanol–water partition coefficient (Wildman–Crippen LogP) is 3.71. The van der Waals surface area contributed by atoms with Crippen molar-refractivity contribution in [1.29, 1.82) is 0 Å². The fraction of sp³-hybridized carbons (Fsp3) is 0.538. The standard InChI is InChI=1S/C13H20BrNS/c1-10(2)8-16-9-13(15)7-11-4-3-5-12(14)6-11/h3-6,10,13H,7-9,15H2,1-2H3. The average Bonchev–Trinajstić information content (AvgIpc) is 2.16. The lowest BCUT2D eigenvalue weighted by Crippen LogP contribution is -2.26. The molecule has 1 rings (SSSR count). The van der Waals surface area contributed by atoms with Crippen LogP contribution in [0.15, 0.2) is 28.7 Å². The zero-order valence-corrected chi connectivity index (χ0v) is 12.4.